The molecule has 0 aliphatic rings. The first-order valence-electron chi connectivity index (χ1n) is 15.0. The highest BCUT2D eigenvalue weighted by atomic mass is 32.2. The van der Waals surface area contributed by atoms with Gasteiger partial charge >= 0.3 is 0 Å². The average Bonchev–Trinajstić information content (AvgIpc) is 3.62. The number of hydrogen-bond donors (Lipinski definition) is 0. The van der Waals surface area contributed by atoms with Gasteiger partial charge in [-0.2, -0.15) is 4.57 Å². The lowest BCUT2D eigenvalue weighted by molar-refractivity contribution is 0.612. The summed E-state index contributed by atoms with van der Waals surface area (Å²) in [6, 6.07) is 48.0. The van der Waals surface area contributed by atoms with E-state index in [9.17, 15) is 0 Å². The number of pyridine rings is 1. The Kier molecular flexibility index (Phi) is 6.54. The molecule has 212 valence electrons. The minimum atomic E-state index is 0.375. The SMILES string of the molecule is CC(C)n1[cH+]n(-c2cccc(Sc3ccc4c5ccccc5n(-c5cc(-c6ccccc6)ccn5)c4c3)c2)c2ccccc21. The molecular weight excluding hydrogens is 557 g/mol. The van der Waals surface area contributed by atoms with Crippen LogP contribution in [-0.2, 0) is 0 Å². The normalized spacial score (nSPS) is 11.7. The van der Waals surface area contributed by atoms with Gasteiger partial charge in [-0.3, -0.25) is 4.57 Å². The first-order valence-corrected chi connectivity index (χ1v) is 15.8. The standard InChI is InChI=1S/C39H31N4S/c1-27(2)41-26-42(37-18-9-8-17-36(37)41)30-13-10-14-31(24-30)44-32-19-20-34-33-15-6-7-16-35(33)43(38(34)25-32)39-23-29(21-22-40-39)28-11-4-3-5-12-28/h3-27H,1-2H3/q+1. The second kappa shape index (κ2) is 10.9. The summed E-state index contributed by atoms with van der Waals surface area (Å²) in [7, 11) is 0. The first kappa shape index (κ1) is 26.5. The van der Waals surface area contributed by atoms with Crippen LogP contribution >= 0.6 is 11.8 Å². The Balaban J connectivity index is 1.22. The molecule has 0 amide bonds. The highest BCUT2D eigenvalue weighted by Gasteiger charge is 2.19. The van der Waals surface area contributed by atoms with Crippen molar-refractivity contribution in [1.82, 2.24) is 18.7 Å². The minimum absolute atomic E-state index is 0.375. The molecule has 0 bridgehead atoms. The Bertz CT molecular complexity index is 2300. The van der Waals surface area contributed by atoms with E-state index in [1.807, 2.05) is 6.20 Å². The van der Waals surface area contributed by atoms with E-state index in [-0.39, 0.29) is 0 Å². The molecule has 0 aliphatic heterocycles. The first-order chi connectivity index (χ1) is 21.6. The van der Waals surface area contributed by atoms with Crippen LogP contribution in [0, 0.1) is 0 Å². The van der Waals surface area contributed by atoms with E-state index >= 15 is 0 Å². The predicted molar refractivity (Wildman–Crippen MR) is 184 cm³/mol. The van der Waals surface area contributed by atoms with Gasteiger partial charge in [0.05, 0.1) is 17.1 Å². The van der Waals surface area contributed by atoms with E-state index in [0.29, 0.717) is 6.04 Å². The highest BCUT2D eigenvalue weighted by molar-refractivity contribution is 7.99. The molecule has 0 unspecified atom stereocenters. The van der Waals surface area contributed by atoms with Crippen molar-refractivity contribution in [3.63, 3.8) is 0 Å². The van der Waals surface area contributed by atoms with Gasteiger partial charge < -0.3 is 0 Å². The van der Waals surface area contributed by atoms with Gasteiger partial charge in [0.15, 0.2) is 17.4 Å². The molecule has 0 saturated heterocycles. The van der Waals surface area contributed by atoms with Crippen molar-refractivity contribution >= 4 is 44.6 Å². The van der Waals surface area contributed by atoms with Crippen molar-refractivity contribution in [3.8, 4) is 22.6 Å². The molecule has 0 saturated carbocycles. The number of nitrogens with zero attached hydrogens (tertiary/aromatic N) is 4. The molecule has 0 N–H and O–H groups in total. The summed E-state index contributed by atoms with van der Waals surface area (Å²) in [6.45, 7) is 4.46. The van der Waals surface area contributed by atoms with Gasteiger partial charge in [-0.15, -0.1) is 0 Å². The lowest BCUT2D eigenvalue weighted by atomic mass is 10.1. The maximum atomic E-state index is 4.86. The van der Waals surface area contributed by atoms with E-state index in [2.05, 4.69) is 167 Å². The molecule has 3 heterocycles. The smallest absolute Gasteiger partial charge is 0.191 e. The fourth-order valence-corrected chi connectivity index (χ4v) is 7.10. The van der Waals surface area contributed by atoms with Gasteiger partial charge in [0.2, 0.25) is 0 Å². The number of para-hydroxylation sites is 3. The van der Waals surface area contributed by atoms with Gasteiger partial charge in [0.1, 0.15) is 11.5 Å². The fourth-order valence-electron chi connectivity index (χ4n) is 6.20. The van der Waals surface area contributed by atoms with Gasteiger partial charge in [-0.25, -0.2) is 9.55 Å². The summed E-state index contributed by atoms with van der Waals surface area (Å²) in [6.07, 6.45) is 4.14. The number of benzene rings is 5. The monoisotopic (exact) mass is 587 g/mol. The van der Waals surface area contributed by atoms with Crippen LogP contribution in [0.3, 0.4) is 0 Å². The Morgan fingerprint density at radius 3 is 2.16 bits per heavy atom. The summed E-state index contributed by atoms with van der Waals surface area (Å²) in [5.74, 6) is 0.916. The Hall–Kier alpha value is -5.13. The summed E-state index contributed by atoms with van der Waals surface area (Å²) in [4.78, 5) is 7.24. The fraction of sp³-hybridized carbons (Fsp3) is 0.0769. The van der Waals surface area contributed by atoms with Crippen LogP contribution in [0.4, 0.5) is 0 Å². The van der Waals surface area contributed by atoms with Gasteiger partial charge in [-0.05, 0) is 79.6 Å². The van der Waals surface area contributed by atoms with Crippen LogP contribution < -0.4 is 0 Å². The zero-order valence-corrected chi connectivity index (χ0v) is 25.4. The molecule has 4 nitrogen and oxygen atoms in total. The lowest BCUT2D eigenvalue weighted by Crippen LogP contribution is -1.99. The number of fused-ring (bicyclic) bond motifs is 4. The number of hydrogen-bond acceptors (Lipinski definition) is 2. The Morgan fingerprint density at radius 1 is 0.591 bits per heavy atom. The van der Waals surface area contributed by atoms with E-state index < -0.39 is 0 Å². The van der Waals surface area contributed by atoms with Crippen molar-refractivity contribution in [2.75, 3.05) is 0 Å². The maximum Gasteiger partial charge on any atom is 0.191 e. The van der Waals surface area contributed by atoms with Crippen LogP contribution in [0.5, 0.6) is 0 Å². The van der Waals surface area contributed by atoms with E-state index in [1.54, 1.807) is 11.8 Å². The molecule has 0 aliphatic carbocycles. The summed E-state index contributed by atoms with van der Waals surface area (Å²) in [5, 5.41) is 2.45. The second-order valence-corrected chi connectivity index (χ2v) is 12.5. The molecule has 0 spiro atoms. The highest BCUT2D eigenvalue weighted by Crippen LogP contribution is 2.37. The molecule has 8 aromatic rings. The average molecular weight is 588 g/mol. The minimum Gasteiger partial charge on any atom is -0.294 e. The number of imidazole rings is 1. The maximum absolute atomic E-state index is 4.86. The molecule has 5 aromatic carbocycles. The number of aromatic nitrogens is 4. The van der Waals surface area contributed by atoms with Crippen LogP contribution in [0.1, 0.15) is 19.9 Å². The largest absolute Gasteiger partial charge is 0.294 e. The topological polar surface area (TPSA) is 27.7 Å². The van der Waals surface area contributed by atoms with Crippen molar-refractivity contribution < 1.29 is 0 Å². The van der Waals surface area contributed by atoms with Gasteiger partial charge in [0.25, 0.3) is 0 Å². The predicted octanol–water partition coefficient (Wildman–Crippen LogP) is 10.6. The second-order valence-electron chi connectivity index (χ2n) is 11.4. The Labute approximate surface area is 260 Å². The summed E-state index contributed by atoms with van der Waals surface area (Å²) >= 11 is 1.79. The third-order valence-electron chi connectivity index (χ3n) is 8.27. The third kappa shape index (κ3) is 4.57. The third-order valence-corrected chi connectivity index (χ3v) is 9.25. The van der Waals surface area contributed by atoms with Crippen LogP contribution in [0.2, 0.25) is 0 Å². The van der Waals surface area contributed by atoms with Crippen molar-refractivity contribution in [2.24, 2.45) is 0 Å². The molecule has 0 radical (unpaired) electrons. The Morgan fingerprint density at radius 2 is 1.32 bits per heavy atom. The van der Waals surface area contributed by atoms with E-state index in [4.69, 9.17) is 4.98 Å². The van der Waals surface area contributed by atoms with Crippen LogP contribution in [-0.4, -0.2) is 18.7 Å². The quantitative estimate of drug-likeness (QED) is 0.181. The lowest BCUT2D eigenvalue weighted by Gasteiger charge is -2.10. The zero-order valence-electron chi connectivity index (χ0n) is 24.6. The van der Waals surface area contributed by atoms with E-state index in [1.165, 1.54) is 37.2 Å². The zero-order chi connectivity index (χ0) is 29.6. The van der Waals surface area contributed by atoms with Crippen LogP contribution in [0.25, 0.3) is 55.5 Å². The molecule has 5 heteroatoms. The van der Waals surface area contributed by atoms with E-state index in [0.717, 1.165) is 28.1 Å². The molecule has 3 aromatic heterocycles. The molecule has 0 atom stereocenters. The van der Waals surface area contributed by atoms with Crippen molar-refractivity contribution in [2.45, 2.75) is 29.7 Å². The summed E-state index contributed by atoms with van der Waals surface area (Å²) < 4.78 is 6.93. The molecule has 8 rings (SSSR count). The van der Waals surface area contributed by atoms with Crippen molar-refractivity contribution in [3.05, 3.63) is 146 Å². The molecule has 44 heavy (non-hydrogen) atoms. The molecular formula is C39H31N4S+. The van der Waals surface area contributed by atoms with Gasteiger partial charge in [0, 0.05) is 51.0 Å². The van der Waals surface area contributed by atoms with Crippen molar-refractivity contribution in [1.29, 1.82) is 0 Å². The van der Waals surface area contributed by atoms with Gasteiger partial charge in [-0.1, -0.05) is 66.4 Å². The molecule has 0 fully saturated rings. The van der Waals surface area contributed by atoms with Crippen LogP contribution in [0.15, 0.2) is 156 Å². The summed E-state index contributed by atoms with van der Waals surface area (Å²) in [5.41, 5.74) is 8.25. The number of rotatable bonds is 6.